The summed E-state index contributed by atoms with van der Waals surface area (Å²) in [6, 6.07) is -0.103. The second-order valence-corrected chi connectivity index (χ2v) is 4.45. The number of anilines is 2. The van der Waals surface area contributed by atoms with Crippen molar-refractivity contribution in [3.63, 3.8) is 0 Å². The second-order valence-electron chi connectivity index (χ2n) is 3.60. The van der Waals surface area contributed by atoms with Crippen LogP contribution in [0.2, 0.25) is 0 Å². The van der Waals surface area contributed by atoms with E-state index in [1.54, 1.807) is 12.4 Å². The first kappa shape index (κ1) is 11.8. The highest BCUT2D eigenvalue weighted by molar-refractivity contribution is 9.10. The molecule has 7 heteroatoms. The van der Waals surface area contributed by atoms with Crippen molar-refractivity contribution in [3.8, 4) is 0 Å². The Balaban J connectivity index is 2.18. The third-order valence-electron chi connectivity index (χ3n) is 2.13. The van der Waals surface area contributed by atoms with Gasteiger partial charge in [-0.1, -0.05) is 0 Å². The number of nitrogens with one attached hydrogen (secondary N) is 1. The average Bonchev–Trinajstić information content (AvgIpc) is 2.70. The zero-order valence-electron chi connectivity index (χ0n) is 9.44. The van der Waals surface area contributed by atoms with E-state index in [9.17, 15) is 0 Å². The number of aromatic nitrogens is 3. The van der Waals surface area contributed by atoms with Crippen LogP contribution >= 0.6 is 15.9 Å². The molecule has 17 heavy (non-hydrogen) atoms. The Kier molecular flexibility index (Phi) is 3.28. The lowest BCUT2D eigenvalue weighted by atomic mass is 10.3. The summed E-state index contributed by atoms with van der Waals surface area (Å²) >= 11 is 3.34. The van der Waals surface area contributed by atoms with Crippen molar-refractivity contribution >= 4 is 27.7 Å². The van der Waals surface area contributed by atoms with E-state index in [0.29, 0.717) is 11.7 Å². The lowest BCUT2D eigenvalue weighted by molar-refractivity contribution is 0.453. The van der Waals surface area contributed by atoms with Crippen LogP contribution in [0.3, 0.4) is 0 Å². The molecule has 0 fully saturated rings. The van der Waals surface area contributed by atoms with Crippen LogP contribution in [0.15, 0.2) is 21.3 Å². The summed E-state index contributed by atoms with van der Waals surface area (Å²) in [7, 11) is 0. The van der Waals surface area contributed by atoms with Crippen molar-refractivity contribution < 1.29 is 4.42 Å². The number of nitrogens with two attached hydrogens (primary N) is 1. The Hall–Kier alpha value is -1.63. The molecule has 1 unspecified atom stereocenters. The van der Waals surface area contributed by atoms with Gasteiger partial charge in [-0.05, 0) is 29.8 Å². The lowest BCUT2D eigenvalue weighted by Crippen LogP contribution is -2.10. The molecule has 0 radical (unpaired) electrons. The van der Waals surface area contributed by atoms with Crippen molar-refractivity contribution in [2.24, 2.45) is 0 Å². The van der Waals surface area contributed by atoms with Gasteiger partial charge >= 0.3 is 0 Å². The van der Waals surface area contributed by atoms with Gasteiger partial charge in [0, 0.05) is 6.20 Å². The van der Waals surface area contributed by atoms with Gasteiger partial charge in [0.05, 0.1) is 10.7 Å². The molecule has 0 bridgehead atoms. The maximum atomic E-state index is 5.52. The van der Waals surface area contributed by atoms with Crippen LogP contribution < -0.4 is 11.1 Å². The topological polar surface area (TPSA) is 89.9 Å². The first-order valence-corrected chi connectivity index (χ1v) is 5.82. The van der Waals surface area contributed by atoms with E-state index in [1.807, 2.05) is 13.8 Å². The zero-order valence-corrected chi connectivity index (χ0v) is 11.0. The lowest BCUT2D eigenvalue weighted by Gasteiger charge is -2.12. The molecule has 2 aromatic rings. The molecule has 0 aromatic carbocycles. The highest BCUT2D eigenvalue weighted by Crippen LogP contribution is 2.24. The standard InChI is InChI=1S/C10H12BrN5O/c1-5-3-13-9(17-5)6(2)15-8-7(11)4-14-10(12)16-8/h3-4,6H,1-2H3,(H3,12,14,15,16). The van der Waals surface area contributed by atoms with Crippen molar-refractivity contribution in [2.45, 2.75) is 19.9 Å². The monoisotopic (exact) mass is 297 g/mol. The van der Waals surface area contributed by atoms with Crippen molar-refractivity contribution in [1.29, 1.82) is 0 Å². The number of rotatable bonds is 3. The van der Waals surface area contributed by atoms with Gasteiger partial charge in [0.2, 0.25) is 11.8 Å². The molecule has 0 amide bonds. The minimum absolute atomic E-state index is 0.103. The molecule has 0 aliphatic heterocycles. The van der Waals surface area contributed by atoms with Gasteiger partial charge in [-0.2, -0.15) is 4.98 Å². The number of aryl methyl sites for hydroxylation is 1. The Morgan fingerprint density at radius 1 is 1.41 bits per heavy atom. The van der Waals surface area contributed by atoms with E-state index in [-0.39, 0.29) is 12.0 Å². The molecule has 0 aliphatic carbocycles. The maximum absolute atomic E-state index is 5.52. The van der Waals surface area contributed by atoms with E-state index < -0.39 is 0 Å². The number of halogens is 1. The average molecular weight is 298 g/mol. The molecule has 0 saturated carbocycles. The Bertz CT molecular complexity index is 527. The Morgan fingerprint density at radius 3 is 2.82 bits per heavy atom. The first-order chi connectivity index (χ1) is 8.06. The third kappa shape index (κ3) is 2.73. The van der Waals surface area contributed by atoms with Gasteiger partial charge in [-0.15, -0.1) is 0 Å². The second kappa shape index (κ2) is 4.70. The number of hydrogen-bond donors (Lipinski definition) is 2. The minimum atomic E-state index is -0.103. The molecular formula is C10H12BrN5O. The Morgan fingerprint density at radius 2 is 2.18 bits per heavy atom. The number of nitrogens with zero attached hydrogens (tertiary/aromatic N) is 3. The summed E-state index contributed by atoms with van der Waals surface area (Å²) in [5.41, 5.74) is 5.52. The molecule has 6 nitrogen and oxygen atoms in total. The van der Waals surface area contributed by atoms with E-state index in [2.05, 4.69) is 36.2 Å². The maximum Gasteiger partial charge on any atom is 0.221 e. The smallest absolute Gasteiger partial charge is 0.221 e. The van der Waals surface area contributed by atoms with Crippen LogP contribution in [0.5, 0.6) is 0 Å². The molecule has 2 aromatic heterocycles. The van der Waals surface area contributed by atoms with E-state index in [1.165, 1.54) is 0 Å². The van der Waals surface area contributed by atoms with Crippen LogP contribution in [0.25, 0.3) is 0 Å². The largest absolute Gasteiger partial charge is 0.444 e. The van der Waals surface area contributed by atoms with Gasteiger partial charge in [-0.3, -0.25) is 0 Å². The van der Waals surface area contributed by atoms with Crippen LogP contribution in [0, 0.1) is 6.92 Å². The van der Waals surface area contributed by atoms with E-state index in [0.717, 1.165) is 10.2 Å². The minimum Gasteiger partial charge on any atom is -0.444 e. The first-order valence-electron chi connectivity index (χ1n) is 5.03. The third-order valence-corrected chi connectivity index (χ3v) is 2.71. The molecule has 2 heterocycles. The summed E-state index contributed by atoms with van der Waals surface area (Å²) in [4.78, 5) is 12.1. The molecule has 3 N–H and O–H groups in total. The molecule has 0 spiro atoms. The fourth-order valence-electron chi connectivity index (χ4n) is 1.32. The van der Waals surface area contributed by atoms with Gasteiger partial charge in [0.15, 0.2) is 0 Å². The van der Waals surface area contributed by atoms with Gasteiger partial charge in [0.25, 0.3) is 0 Å². The number of nitrogen functional groups attached to an aromatic ring is 1. The number of oxazole rings is 1. The van der Waals surface area contributed by atoms with Crippen molar-refractivity contribution in [3.05, 3.63) is 28.5 Å². The fourth-order valence-corrected chi connectivity index (χ4v) is 1.63. The van der Waals surface area contributed by atoms with Crippen molar-refractivity contribution in [1.82, 2.24) is 15.0 Å². The van der Waals surface area contributed by atoms with Gasteiger partial charge < -0.3 is 15.5 Å². The van der Waals surface area contributed by atoms with Crippen LogP contribution in [0.4, 0.5) is 11.8 Å². The molecule has 90 valence electrons. The summed E-state index contributed by atoms with van der Waals surface area (Å²) in [6.07, 6.45) is 3.27. The normalized spacial score (nSPS) is 12.4. The zero-order chi connectivity index (χ0) is 12.4. The predicted octanol–water partition coefficient (Wildman–Crippen LogP) is 2.29. The van der Waals surface area contributed by atoms with Crippen molar-refractivity contribution in [2.75, 3.05) is 11.1 Å². The molecular weight excluding hydrogens is 286 g/mol. The summed E-state index contributed by atoms with van der Waals surface area (Å²) in [5.74, 6) is 2.20. The molecule has 2 rings (SSSR count). The molecule has 1 atom stereocenters. The summed E-state index contributed by atoms with van der Waals surface area (Å²) in [6.45, 7) is 3.78. The summed E-state index contributed by atoms with van der Waals surface area (Å²) < 4.78 is 6.16. The highest BCUT2D eigenvalue weighted by Gasteiger charge is 2.13. The molecule has 0 aliphatic rings. The fraction of sp³-hybridized carbons (Fsp3) is 0.300. The predicted molar refractivity (Wildman–Crippen MR) is 67.4 cm³/mol. The summed E-state index contributed by atoms with van der Waals surface area (Å²) in [5, 5.41) is 3.15. The van der Waals surface area contributed by atoms with Crippen LogP contribution in [-0.2, 0) is 0 Å². The van der Waals surface area contributed by atoms with Gasteiger partial charge in [0.1, 0.15) is 17.6 Å². The Labute approximate surface area is 107 Å². The SMILES string of the molecule is Cc1cnc(C(C)Nc2nc(N)ncc2Br)o1. The quantitative estimate of drug-likeness (QED) is 0.903. The number of hydrogen-bond acceptors (Lipinski definition) is 6. The van der Waals surface area contributed by atoms with E-state index >= 15 is 0 Å². The highest BCUT2D eigenvalue weighted by atomic mass is 79.9. The van der Waals surface area contributed by atoms with Crippen LogP contribution in [0.1, 0.15) is 24.6 Å². The van der Waals surface area contributed by atoms with Crippen LogP contribution in [-0.4, -0.2) is 15.0 Å². The van der Waals surface area contributed by atoms with Gasteiger partial charge in [-0.25, -0.2) is 9.97 Å². The van der Waals surface area contributed by atoms with E-state index in [4.69, 9.17) is 10.2 Å². The molecule has 0 saturated heterocycles.